The fourth-order valence-electron chi connectivity index (χ4n) is 1.67. The van der Waals surface area contributed by atoms with Crippen LogP contribution in [-0.2, 0) is 6.54 Å². The molecule has 5 heteroatoms. The van der Waals surface area contributed by atoms with Gasteiger partial charge in [0.15, 0.2) is 0 Å². The van der Waals surface area contributed by atoms with Gasteiger partial charge in [-0.05, 0) is 33.4 Å². The van der Waals surface area contributed by atoms with Crippen molar-refractivity contribution in [3.8, 4) is 5.95 Å². The van der Waals surface area contributed by atoms with E-state index in [-0.39, 0.29) is 0 Å². The summed E-state index contributed by atoms with van der Waals surface area (Å²) in [5.41, 5.74) is 4.36. The molecule has 2 aromatic rings. The highest BCUT2D eigenvalue weighted by atomic mass is 15.4. The van der Waals surface area contributed by atoms with E-state index >= 15 is 0 Å². The minimum absolute atomic E-state index is 0.624. The van der Waals surface area contributed by atoms with Crippen LogP contribution in [0.2, 0.25) is 0 Å². The molecule has 0 spiro atoms. The first-order valence-corrected chi connectivity index (χ1v) is 5.62. The van der Waals surface area contributed by atoms with Crippen LogP contribution in [0.4, 0.5) is 0 Å². The number of nitrogens with one attached hydrogen (secondary N) is 1. The SMILES string of the molecule is CNCc1cnc(-n2nc(C)c(C)c2C)nc1. The van der Waals surface area contributed by atoms with E-state index in [1.807, 2.05) is 33.3 Å². The van der Waals surface area contributed by atoms with Gasteiger partial charge in [0, 0.05) is 30.2 Å². The molecule has 0 aliphatic rings. The van der Waals surface area contributed by atoms with E-state index in [1.54, 1.807) is 4.68 Å². The lowest BCUT2D eigenvalue weighted by Crippen LogP contribution is -2.09. The van der Waals surface area contributed by atoms with E-state index in [4.69, 9.17) is 0 Å². The average Bonchev–Trinajstić information content (AvgIpc) is 2.59. The molecule has 0 bridgehead atoms. The smallest absolute Gasteiger partial charge is 0.250 e. The minimum Gasteiger partial charge on any atom is -0.316 e. The highest BCUT2D eigenvalue weighted by Crippen LogP contribution is 2.13. The van der Waals surface area contributed by atoms with E-state index in [0.29, 0.717) is 5.95 Å². The number of hydrogen-bond donors (Lipinski definition) is 1. The topological polar surface area (TPSA) is 55.6 Å². The number of aryl methyl sites for hydroxylation is 1. The van der Waals surface area contributed by atoms with Crippen molar-refractivity contribution in [3.63, 3.8) is 0 Å². The quantitative estimate of drug-likeness (QED) is 0.865. The predicted molar refractivity (Wildman–Crippen MR) is 66.1 cm³/mol. The van der Waals surface area contributed by atoms with Crippen molar-refractivity contribution < 1.29 is 0 Å². The summed E-state index contributed by atoms with van der Waals surface area (Å²) in [6.07, 6.45) is 3.65. The van der Waals surface area contributed by atoms with Gasteiger partial charge in [-0.3, -0.25) is 0 Å². The van der Waals surface area contributed by atoms with Crippen molar-refractivity contribution in [1.82, 2.24) is 25.1 Å². The first-order valence-electron chi connectivity index (χ1n) is 5.62. The second-order valence-electron chi connectivity index (χ2n) is 4.13. The third-order valence-electron chi connectivity index (χ3n) is 2.92. The molecule has 0 aromatic carbocycles. The summed E-state index contributed by atoms with van der Waals surface area (Å²) >= 11 is 0. The molecular weight excluding hydrogens is 214 g/mol. The maximum absolute atomic E-state index is 4.43. The zero-order valence-electron chi connectivity index (χ0n) is 10.7. The van der Waals surface area contributed by atoms with Crippen LogP contribution < -0.4 is 5.32 Å². The normalized spacial score (nSPS) is 10.8. The summed E-state index contributed by atoms with van der Waals surface area (Å²) in [5.74, 6) is 0.624. The van der Waals surface area contributed by atoms with Gasteiger partial charge in [0.05, 0.1) is 5.69 Å². The Hall–Kier alpha value is -1.75. The first-order chi connectivity index (χ1) is 8.13. The molecule has 0 saturated carbocycles. The lowest BCUT2D eigenvalue weighted by atomic mass is 10.2. The van der Waals surface area contributed by atoms with Crippen molar-refractivity contribution in [2.75, 3.05) is 7.05 Å². The first kappa shape index (κ1) is 11.7. The molecule has 1 N–H and O–H groups in total. The highest BCUT2D eigenvalue weighted by Gasteiger charge is 2.10. The molecule has 0 saturated heterocycles. The minimum atomic E-state index is 0.624. The molecule has 0 fully saturated rings. The molecule has 0 aliphatic carbocycles. The van der Waals surface area contributed by atoms with E-state index in [1.165, 1.54) is 5.56 Å². The zero-order chi connectivity index (χ0) is 12.4. The lowest BCUT2D eigenvalue weighted by Gasteiger charge is -2.03. The van der Waals surface area contributed by atoms with Crippen LogP contribution in [0.1, 0.15) is 22.5 Å². The second kappa shape index (κ2) is 4.63. The molecule has 0 amide bonds. The van der Waals surface area contributed by atoms with Crippen molar-refractivity contribution in [2.45, 2.75) is 27.3 Å². The van der Waals surface area contributed by atoms with E-state index in [9.17, 15) is 0 Å². The second-order valence-corrected chi connectivity index (χ2v) is 4.13. The fourth-order valence-corrected chi connectivity index (χ4v) is 1.67. The Morgan fingerprint density at radius 3 is 2.29 bits per heavy atom. The summed E-state index contributed by atoms with van der Waals surface area (Å²) < 4.78 is 1.79. The molecule has 0 unspecified atom stereocenters. The Morgan fingerprint density at radius 1 is 1.18 bits per heavy atom. The van der Waals surface area contributed by atoms with Crippen LogP contribution in [0.5, 0.6) is 0 Å². The van der Waals surface area contributed by atoms with E-state index in [0.717, 1.165) is 23.5 Å². The average molecular weight is 231 g/mol. The van der Waals surface area contributed by atoms with Gasteiger partial charge < -0.3 is 5.32 Å². The largest absolute Gasteiger partial charge is 0.316 e. The summed E-state index contributed by atoms with van der Waals surface area (Å²) in [6, 6.07) is 0. The van der Waals surface area contributed by atoms with Crippen LogP contribution in [-0.4, -0.2) is 26.8 Å². The van der Waals surface area contributed by atoms with Crippen LogP contribution >= 0.6 is 0 Å². The fraction of sp³-hybridized carbons (Fsp3) is 0.417. The van der Waals surface area contributed by atoms with Gasteiger partial charge >= 0.3 is 0 Å². The van der Waals surface area contributed by atoms with Crippen molar-refractivity contribution >= 4 is 0 Å². The molecule has 2 heterocycles. The van der Waals surface area contributed by atoms with Crippen molar-refractivity contribution in [3.05, 3.63) is 34.9 Å². The number of nitrogens with zero attached hydrogens (tertiary/aromatic N) is 4. The molecule has 2 aromatic heterocycles. The molecule has 2 rings (SSSR count). The Balaban J connectivity index is 2.36. The summed E-state index contributed by atoms with van der Waals surface area (Å²) in [5, 5.41) is 7.50. The summed E-state index contributed by atoms with van der Waals surface area (Å²) in [6.45, 7) is 6.86. The van der Waals surface area contributed by atoms with Crippen LogP contribution in [0.3, 0.4) is 0 Å². The molecule has 5 nitrogen and oxygen atoms in total. The van der Waals surface area contributed by atoms with Gasteiger partial charge in [0.1, 0.15) is 0 Å². The molecule has 0 atom stereocenters. The maximum atomic E-state index is 4.43. The standard InChI is InChI=1S/C12H17N5/c1-8-9(2)16-17(10(8)3)12-14-6-11(5-13-4)7-15-12/h6-7,13H,5H2,1-4H3. The highest BCUT2D eigenvalue weighted by molar-refractivity contribution is 5.28. The van der Waals surface area contributed by atoms with Gasteiger partial charge in [-0.2, -0.15) is 5.10 Å². The number of hydrogen-bond acceptors (Lipinski definition) is 4. The molecule has 0 aliphatic heterocycles. The lowest BCUT2D eigenvalue weighted by molar-refractivity contribution is 0.755. The number of rotatable bonds is 3. The van der Waals surface area contributed by atoms with Gasteiger partial charge in [-0.25, -0.2) is 14.6 Å². The summed E-state index contributed by atoms with van der Waals surface area (Å²) in [7, 11) is 1.90. The Kier molecular flexibility index (Phi) is 3.19. The van der Waals surface area contributed by atoms with Crippen molar-refractivity contribution in [2.24, 2.45) is 0 Å². The molecule has 17 heavy (non-hydrogen) atoms. The Labute approximate surface area is 101 Å². The van der Waals surface area contributed by atoms with Crippen LogP contribution in [0.15, 0.2) is 12.4 Å². The molecule has 90 valence electrons. The Bertz CT molecular complexity index is 512. The molecule has 0 radical (unpaired) electrons. The van der Waals surface area contributed by atoms with Crippen LogP contribution in [0, 0.1) is 20.8 Å². The van der Waals surface area contributed by atoms with Crippen molar-refractivity contribution in [1.29, 1.82) is 0 Å². The van der Waals surface area contributed by atoms with E-state index < -0.39 is 0 Å². The Morgan fingerprint density at radius 2 is 1.82 bits per heavy atom. The third-order valence-corrected chi connectivity index (χ3v) is 2.92. The van der Waals surface area contributed by atoms with Gasteiger partial charge in [-0.1, -0.05) is 0 Å². The zero-order valence-corrected chi connectivity index (χ0v) is 10.7. The third kappa shape index (κ3) is 2.19. The monoisotopic (exact) mass is 231 g/mol. The van der Waals surface area contributed by atoms with Gasteiger partial charge in [0.25, 0.3) is 5.95 Å². The van der Waals surface area contributed by atoms with Crippen LogP contribution in [0.25, 0.3) is 5.95 Å². The van der Waals surface area contributed by atoms with E-state index in [2.05, 4.69) is 27.3 Å². The van der Waals surface area contributed by atoms with Gasteiger partial charge in [-0.15, -0.1) is 0 Å². The van der Waals surface area contributed by atoms with Gasteiger partial charge in [0.2, 0.25) is 0 Å². The number of aromatic nitrogens is 4. The molecular formula is C12H17N5. The summed E-state index contributed by atoms with van der Waals surface area (Å²) in [4.78, 5) is 8.66. The maximum Gasteiger partial charge on any atom is 0.250 e. The predicted octanol–water partition coefficient (Wildman–Crippen LogP) is 1.31.